The van der Waals surface area contributed by atoms with Gasteiger partial charge in [0.2, 0.25) is 0 Å². The molecule has 0 aromatic carbocycles. The van der Waals surface area contributed by atoms with Crippen LogP contribution in [0, 0.1) is 12.8 Å². The van der Waals surface area contributed by atoms with Crippen LogP contribution in [-0.2, 0) is 0 Å². The van der Waals surface area contributed by atoms with E-state index < -0.39 is 0 Å². The van der Waals surface area contributed by atoms with Crippen molar-refractivity contribution < 1.29 is 4.79 Å². The summed E-state index contributed by atoms with van der Waals surface area (Å²) in [6, 6.07) is 1.92. The summed E-state index contributed by atoms with van der Waals surface area (Å²) < 4.78 is 0. The molecule has 0 radical (unpaired) electrons. The number of hydrogen-bond donors (Lipinski definition) is 1. The first-order valence-electron chi connectivity index (χ1n) is 7.05. The summed E-state index contributed by atoms with van der Waals surface area (Å²) in [6.45, 7) is 5.92. The molecule has 2 rings (SSSR count). The summed E-state index contributed by atoms with van der Waals surface area (Å²) in [7, 11) is 1.84. The van der Waals surface area contributed by atoms with Crippen molar-refractivity contribution in [2.75, 3.05) is 25.5 Å². The maximum atomic E-state index is 12.6. The van der Waals surface area contributed by atoms with E-state index in [9.17, 15) is 4.79 Å². The Bertz CT molecular complexity index is 459. The van der Waals surface area contributed by atoms with Crippen molar-refractivity contribution in [3.63, 3.8) is 0 Å². The summed E-state index contributed by atoms with van der Waals surface area (Å²) in [5.41, 5.74) is 2.47. The van der Waals surface area contributed by atoms with Crippen molar-refractivity contribution in [1.29, 1.82) is 0 Å². The Morgan fingerprint density at radius 2 is 2.21 bits per heavy atom. The van der Waals surface area contributed by atoms with E-state index in [4.69, 9.17) is 0 Å². The fourth-order valence-electron chi connectivity index (χ4n) is 2.57. The van der Waals surface area contributed by atoms with Gasteiger partial charge in [0.15, 0.2) is 0 Å². The molecular formula is C15H23N3O. The standard InChI is InChI=1S/C15H23N3O/c1-11-5-4-7-18(8-6-11)15(19)13-10-17-12(2)9-14(13)16-3/h9-11H,4-8H2,1-3H3,(H,16,17). The zero-order chi connectivity index (χ0) is 13.8. The third-order valence-electron chi connectivity index (χ3n) is 3.84. The third-order valence-corrected chi connectivity index (χ3v) is 3.84. The van der Waals surface area contributed by atoms with Gasteiger partial charge in [-0.1, -0.05) is 6.92 Å². The number of rotatable bonds is 2. The number of hydrogen-bond acceptors (Lipinski definition) is 3. The highest BCUT2D eigenvalue weighted by Gasteiger charge is 2.21. The van der Waals surface area contributed by atoms with Crippen molar-refractivity contribution in [3.8, 4) is 0 Å². The molecule has 1 saturated heterocycles. The van der Waals surface area contributed by atoms with Gasteiger partial charge < -0.3 is 10.2 Å². The number of aromatic nitrogens is 1. The van der Waals surface area contributed by atoms with Crippen LogP contribution in [0.25, 0.3) is 0 Å². The molecule has 1 aliphatic rings. The highest BCUT2D eigenvalue weighted by molar-refractivity contribution is 5.99. The number of pyridine rings is 1. The molecule has 104 valence electrons. The second-order valence-corrected chi connectivity index (χ2v) is 5.45. The predicted octanol–water partition coefficient (Wildman–Crippen LogP) is 2.69. The molecule has 1 N–H and O–H groups in total. The quantitative estimate of drug-likeness (QED) is 0.890. The molecule has 1 aliphatic heterocycles. The summed E-state index contributed by atoms with van der Waals surface area (Å²) in [4.78, 5) is 18.8. The number of anilines is 1. The smallest absolute Gasteiger partial charge is 0.257 e. The van der Waals surface area contributed by atoms with Crippen LogP contribution >= 0.6 is 0 Å². The number of nitrogens with one attached hydrogen (secondary N) is 1. The first-order valence-corrected chi connectivity index (χ1v) is 7.05. The normalized spacial score (nSPS) is 19.9. The second kappa shape index (κ2) is 6.04. The molecule has 4 nitrogen and oxygen atoms in total. The van der Waals surface area contributed by atoms with Gasteiger partial charge in [0.1, 0.15) is 0 Å². The SMILES string of the molecule is CNc1cc(C)ncc1C(=O)N1CCCC(C)CC1. The fraction of sp³-hybridized carbons (Fsp3) is 0.600. The zero-order valence-corrected chi connectivity index (χ0v) is 12.1. The molecule has 0 aliphatic carbocycles. The van der Waals surface area contributed by atoms with Crippen molar-refractivity contribution in [1.82, 2.24) is 9.88 Å². The Morgan fingerprint density at radius 1 is 1.42 bits per heavy atom. The van der Waals surface area contributed by atoms with Gasteiger partial charge in [0, 0.05) is 32.0 Å². The van der Waals surface area contributed by atoms with Crippen LogP contribution in [0.5, 0.6) is 0 Å². The number of amides is 1. The number of aryl methyl sites for hydroxylation is 1. The largest absolute Gasteiger partial charge is 0.387 e. The first kappa shape index (κ1) is 13.8. The van der Waals surface area contributed by atoms with Crippen LogP contribution in [0.1, 0.15) is 42.2 Å². The molecule has 0 spiro atoms. The van der Waals surface area contributed by atoms with E-state index in [2.05, 4.69) is 17.2 Å². The van der Waals surface area contributed by atoms with Gasteiger partial charge in [-0.25, -0.2) is 0 Å². The van der Waals surface area contributed by atoms with Gasteiger partial charge in [-0.15, -0.1) is 0 Å². The van der Waals surface area contributed by atoms with Crippen LogP contribution in [-0.4, -0.2) is 35.9 Å². The van der Waals surface area contributed by atoms with E-state index >= 15 is 0 Å². The van der Waals surface area contributed by atoms with Gasteiger partial charge >= 0.3 is 0 Å². The lowest BCUT2D eigenvalue weighted by Crippen LogP contribution is -2.32. The summed E-state index contributed by atoms with van der Waals surface area (Å²) in [5.74, 6) is 0.823. The Hall–Kier alpha value is -1.58. The average molecular weight is 261 g/mol. The highest BCUT2D eigenvalue weighted by Crippen LogP contribution is 2.21. The summed E-state index contributed by atoms with van der Waals surface area (Å²) >= 11 is 0. The van der Waals surface area contributed by atoms with Crippen molar-refractivity contribution in [2.24, 2.45) is 5.92 Å². The lowest BCUT2D eigenvalue weighted by molar-refractivity contribution is 0.0761. The molecule has 1 aromatic heterocycles. The molecule has 4 heteroatoms. The van der Waals surface area contributed by atoms with E-state index in [0.717, 1.165) is 43.2 Å². The molecule has 0 saturated carbocycles. The van der Waals surface area contributed by atoms with Crippen LogP contribution in [0.2, 0.25) is 0 Å². The van der Waals surface area contributed by atoms with Crippen molar-refractivity contribution in [2.45, 2.75) is 33.1 Å². The predicted molar refractivity (Wildman–Crippen MR) is 77.4 cm³/mol. The van der Waals surface area contributed by atoms with Crippen LogP contribution in [0.4, 0.5) is 5.69 Å². The molecule has 1 unspecified atom stereocenters. The molecule has 0 bridgehead atoms. The van der Waals surface area contributed by atoms with Crippen LogP contribution in [0.15, 0.2) is 12.3 Å². The maximum Gasteiger partial charge on any atom is 0.257 e. The molecule has 19 heavy (non-hydrogen) atoms. The Balaban J connectivity index is 2.19. The van der Waals surface area contributed by atoms with E-state index in [-0.39, 0.29) is 5.91 Å². The monoisotopic (exact) mass is 261 g/mol. The number of carbonyl (C=O) groups excluding carboxylic acids is 1. The highest BCUT2D eigenvalue weighted by atomic mass is 16.2. The minimum absolute atomic E-state index is 0.103. The number of nitrogens with zero attached hydrogens (tertiary/aromatic N) is 2. The fourth-order valence-corrected chi connectivity index (χ4v) is 2.57. The second-order valence-electron chi connectivity index (χ2n) is 5.45. The Labute approximate surface area is 115 Å². The van der Waals surface area contributed by atoms with Gasteiger partial charge in [0.25, 0.3) is 5.91 Å². The Kier molecular flexibility index (Phi) is 4.40. The van der Waals surface area contributed by atoms with Gasteiger partial charge in [-0.3, -0.25) is 9.78 Å². The van der Waals surface area contributed by atoms with Crippen LogP contribution in [0.3, 0.4) is 0 Å². The summed E-state index contributed by atoms with van der Waals surface area (Å²) in [6.07, 6.45) is 5.10. The summed E-state index contributed by atoms with van der Waals surface area (Å²) in [5, 5.41) is 3.09. The lowest BCUT2D eigenvalue weighted by Gasteiger charge is -2.21. The Morgan fingerprint density at radius 3 is 2.95 bits per heavy atom. The third kappa shape index (κ3) is 3.25. The number of carbonyl (C=O) groups is 1. The van der Waals surface area contributed by atoms with Crippen molar-refractivity contribution >= 4 is 11.6 Å². The molecular weight excluding hydrogens is 238 g/mol. The molecule has 1 atom stereocenters. The van der Waals surface area contributed by atoms with Gasteiger partial charge in [0.05, 0.1) is 11.3 Å². The van der Waals surface area contributed by atoms with Crippen LogP contribution < -0.4 is 5.32 Å². The minimum Gasteiger partial charge on any atom is -0.387 e. The molecule has 1 amide bonds. The minimum atomic E-state index is 0.103. The maximum absolute atomic E-state index is 12.6. The van der Waals surface area contributed by atoms with Crippen molar-refractivity contribution in [3.05, 3.63) is 23.5 Å². The first-order chi connectivity index (χ1) is 9.11. The van der Waals surface area contributed by atoms with E-state index in [1.165, 1.54) is 6.42 Å². The average Bonchev–Trinajstić information content (AvgIpc) is 2.62. The number of likely N-dealkylation sites (tertiary alicyclic amines) is 1. The van der Waals surface area contributed by atoms with E-state index in [0.29, 0.717) is 5.56 Å². The van der Waals surface area contributed by atoms with E-state index in [1.807, 2.05) is 24.9 Å². The van der Waals surface area contributed by atoms with Gasteiger partial charge in [-0.05, 0) is 38.2 Å². The molecule has 2 heterocycles. The lowest BCUT2D eigenvalue weighted by atomic mass is 10.0. The van der Waals surface area contributed by atoms with Gasteiger partial charge in [-0.2, -0.15) is 0 Å². The molecule has 1 aromatic rings. The van der Waals surface area contributed by atoms with E-state index in [1.54, 1.807) is 6.20 Å². The topological polar surface area (TPSA) is 45.2 Å². The molecule has 1 fully saturated rings. The zero-order valence-electron chi connectivity index (χ0n) is 12.1.